The molecule has 0 unspecified atom stereocenters. The molecule has 2 aromatic rings. The molecule has 0 radical (unpaired) electrons. The number of carbonyl (C=O) groups is 2. The third-order valence-corrected chi connectivity index (χ3v) is 4.56. The van der Waals surface area contributed by atoms with Crippen molar-refractivity contribution in [3.05, 3.63) is 59.9 Å². The number of nitrogens with zero attached hydrogens (tertiary/aromatic N) is 3. The molecule has 1 heterocycles. The molecule has 0 aliphatic rings. The van der Waals surface area contributed by atoms with Crippen LogP contribution in [0.15, 0.2) is 48.7 Å². The van der Waals surface area contributed by atoms with Gasteiger partial charge in [0, 0.05) is 37.6 Å². The fraction of sp³-hybridized carbons (Fsp3) is 0.478. The first kappa shape index (κ1) is 22.5. The Morgan fingerprint density at radius 2 is 1.69 bits per heavy atom. The molecular formula is C23H34N4O2. The van der Waals surface area contributed by atoms with Crippen molar-refractivity contribution in [1.82, 2.24) is 19.7 Å². The standard InChI is InChI=1S/C23H34N4O2/c1-6-14-26(22(29)24-23(2,3)4)18-21(28)27(16-19-11-8-7-9-12-19)17-20-13-10-15-25(20)5/h7-13,15H,6,14,16-18H2,1-5H3,(H,24,29). The summed E-state index contributed by atoms with van der Waals surface area (Å²) in [5, 5.41) is 2.96. The van der Waals surface area contributed by atoms with Crippen molar-refractivity contribution in [1.29, 1.82) is 0 Å². The molecule has 0 atom stereocenters. The van der Waals surface area contributed by atoms with Gasteiger partial charge in [0.15, 0.2) is 0 Å². The molecule has 0 aliphatic heterocycles. The van der Waals surface area contributed by atoms with E-state index < -0.39 is 0 Å². The Bertz CT molecular complexity index is 793. The largest absolute Gasteiger partial charge is 0.353 e. The van der Waals surface area contributed by atoms with Gasteiger partial charge in [0.25, 0.3) is 0 Å². The molecule has 0 saturated carbocycles. The summed E-state index contributed by atoms with van der Waals surface area (Å²) in [5.74, 6) is -0.0624. The van der Waals surface area contributed by atoms with Gasteiger partial charge in [-0.15, -0.1) is 0 Å². The van der Waals surface area contributed by atoms with Gasteiger partial charge >= 0.3 is 6.03 Å². The molecule has 1 N–H and O–H groups in total. The number of urea groups is 1. The van der Waals surface area contributed by atoms with Crippen LogP contribution in [-0.4, -0.2) is 44.9 Å². The van der Waals surface area contributed by atoms with Gasteiger partial charge in [-0.1, -0.05) is 37.3 Å². The summed E-state index contributed by atoms with van der Waals surface area (Å²) in [6.45, 7) is 9.43. The smallest absolute Gasteiger partial charge is 0.318 e. The van der Waals surface area contributed by atoms with Gasteiger partial charge in [0.05, 0.1) is 6.54 Å². The predicted octanol–water partition coefficient (Wildman–Crippen LogP) is 3.77. The van der Waals surface area contributed by atoms with Gasteiger partial charge in [-0.3, -0.25) is 4.79 Å². The van der Waals surface area contributed by atoms with Crippen molar-refractivity contribution in [3.63, 3.8) is 0 Å². The minimum absolute atomic E-state index is 0.0624. The van der Waals surface area contributed by atoms with Crippen LogP contribution in [0.3, 0.4) is 0 Å². The topological polar surface area (TPSA) is 57.6 Å². The molecule has 0 fully saturated rings. The second-order valence-corrected chi connectivity index (χ2v) is 8.45. The molecule has 158 valence electrons. The lowest BCUT2D eigenvalue weighted by atomic mass is 10.1. The van der Waals surface area contributed by atoms with Crippen LogP contribution in [0.5, 0.6) is 0 Å². The van der Waals surface area contributed by atoms with Crippen LogP contribution in [0.2, 0.25) is 0 Å². The van der Waals surface area contributed by atoms with Crippen LogP contribution < -0.4 is 5.32 Å². The van der Waals surface area contributed by atoms with Crippen molar-refractivity contribution in [2.75, 3.05) is 13.1 Å². The third kappa shape index (κ3) is 7.29. The Morgan fingerprint density at radius 1 is 1.00 bits per heavy atom. The van der Waals surface area contributed by atoms with Crippen molar-refractivity contribution in [3.8, 4) is 0 Å². The maximum absolute atomic E-state index is 13.2. The van der Waals surface area contributed by atoms with Gasteiger partial charge in [-0.05, 0) is 44.9 Å². The number of nitrogens with one attached hydrogen (secondary N) is 1. The monoisotopic (exact) mass is 398 g/mol. The van der Waals surface area contributed by atoms with Crippen molar-refractivity contribution in [2.45, 2.75) is 52.7 Å². The summed E-state index contributed by atoms with van der Waals surface area (Å²) >= 11 is 0. The van der Waals surface area contributed by atoms with Crippen molar-refractivity contribution < 1.29 is 9.59 Å². The molecule has 0 bridgehead atoms. The highest BCUT2D eigenvalue weighted by atomic mass is 16.2. The van der Waals surface area contributed by atoms with E-state index in [1.165, 1.54) is 0 Å². The fourth-order valence-electron chi connectivity index (χ4n) is 3.08. The van der Waals surface area contributed by atoms with E-state index in [1.807, 2.05) is 92.9 Å². The molecule has 6 heteroatoms. The highest BCUT2D eigenvalue weighted by Gasteiger charge is 2.24. The van der Waals surface area contributed by atoms with E-state index in [1.54, 1.807) is 4.90 Å². The quantitative estimate of drug-likeness (QED) is 0.736. The third-order valence-electron chi connectivity index (χ3n) is 4.56. The number of carbonyl (C=O) groups excluding carboxylic acids is 2. The first-order chi connectivity index (χ1) is 13.7. The summed E-state index contributed by atoms with van der Waals surface area (Å²) in [5.41, 5.74) is 1.77. The molecule has 2 rings (SSSR count). The number of aryl methyl sites for hydroxylation is 1. The number of hydrogen-bond acceptors (Lipinski definition) is 2. The lowest BCUT2D eigenvalue weighted by Crippen LogP contribution is -2.51. The van der Waals surface area contributed by atoms with Gasteiger partial charge in [0.1, 0.15) is 6.54 Å². The van der Waals surface area contributed by atoms with E-state index in [-0.39, 0.29) is 24.0 Å². The van der Waals surface area contributed by atoms with Crippen molar-refractivity contribution >= 4 is 11.9 Å². The van der Waals surface area contributed by atoms with Gasteiger partial charge in [0.2, 0.25) is 5.91 Å². The Morgan fingerprint density at radius 3 is 2.24 bits per heavy atom. The Hall–Kier alpha value is -2.76. The van der Waals surface area contributed by atoms with Gasteiger partial charge in [-0.2, -0.15) is 0 Å². The lowest BCUT2D eigenvalue weighted by Gasteiger charge is -2.30. The van der Waals surface area contributed by atoms with Crippen LogP contribution in [-0.2, 0) is 24.9 Å². The fourth-order valence-corrected chi connectivity index (χ4v) is 3.08. The maximum Gasteiger partial charge on any atom is 0.318 e. The van der Waals surface area contributed by atoms with Crippen LogP contribution in [0, 0.1) is 0 Å². The number of amides is 3. The Labute approximate surface area is 174 Å². The van der Waals surface area contributed by atoms with Gasteiger partial charge in [-0.25, -0.2) is 4.79 Å². The zero-order valence-corrected chi connectivity index (χ0v) is 18.3. The van der Waals surface area contributed by atoms with E-state index in [2.05, 4.69) is 5.32 Å². The zero-order chi connectivity index (χ0) is 21.4. The lowest BCUT2D eigenvalue weighted by molar-refractivity contribution is -0.133. The van der Waals surface area contributed by atoms with E-state index in [0.717, 1.165) is 17.7 Å². The molecule has 0 saturated heterocycles. The molecule has 1 aromatic carbocycles. The minimum atomic E-state index is -0.348. The first-order valence-electron chi connectivity index (χ1n) is 10.2. The van der Waals surface area contributed by atoms with Crippen LogP contribution in [0.4, 0.5) is 4.79 Å². The maximum atomic E-state index is 13.2. The van der Waals surface area contributed by atoms with Crippen LogP contribution >= 0.6 is 0 Å². The highest BCUT2D eigenvalue weighted by molar-refractivity contribution is 5.84. The molecule has 29 heavy (non-hydrogen) atoms. The van der Waals surface area contributed by atoms with E-state index in [4.69, 9.17) is 0 Å². The SMILES string of the molecule is CCCN(CC(=O)N(Cc1ccccc1)Cc1cccn1C)C(=O)NC(C)(C)C. The summed E-state index contributed by atoms with van der Waals surface area (Å²) in [4.78, 5) is 29.3. The molecule has 0 spiro atoms. The van der Waals surface area contributed by atoms with E-state index >= 15 is 0 Å². The molecule has 6 nitrogen and oxygen atoms in total. The molecular weight excluding hydrogens is 364 g/mol. The zero-order valence-electron chi connectivity index (χ0n) is 18.3. The Kier molecular flexibility index (Phi) is 7.88. The summed E-state index contributed by atoms with van der Waals surface area (Å²) < 4.78 is 2.02. The summed E-state index contributed by atoms with van der Waals surface area (Å²) in [7, 11) is 1.97. The van der Waals surface area contributed by atoms with Crippen LogP contribution in [0.25, 0.3) is 0 Å². The normalized spacial score (nSPS) is 11.2. The van der Waals surface area contributed by atoms with E-state index in [0.29, 0.717) is 19.6 Å². The predicted molar refractivity (Wildman–Crippen MR) is 116 cm³/mol. The van der Waals surface area contributed by atoms with Gasteiger partial charge < -0.3 is 19.7 Å². The molecule has 1 aromatic heterocycles. The highest BCUT2D eigenvalue weighted by Crippen LogP contribution is 2.12. The first-order valence-corrected chi connectivity index (χ1v) is 10.2. The van der Waals surface area contributed by atoms with E-state index in [9.17, 15) is 9.59 Å². The number of benzene rings is 1. The second kappa shape index (κ2) is 10.1. The average molecular weight is 399 g/mol. The number of rotatable bonds is 8. The number of hydrogen-bond donors (Lipinski definition) is 1. The minimum Gasteiger partial charge on any atom is -0.353 e. The number of aromatic nitrogens is 1. The van der Waals surface area contributed by atoms with Crippen LogP contribution in [0.1, 0.15) is 45.4 Å². The summed E-state index contributed by atoms with van der Waals surface area (Å²) in [6.07, 6.45) is 2.77. The molecule has 3 amide bonds. The molecule has 0 aliphatic carbocycles. The summed E-state index contributed by atoms with van der Waals surface area (Å²) in [6, 6.07) is 13.7. The van der Waals surface area contributed by atoms with Crippen molar-refractivity contribution in [2.24, 2.45) is 7.05 Å². The average Bonchev–Trinajstić information content (AvgIpc) is 3.05. The second-order valence-electron chi connectivity index (χ2n) is 8.45. The Balaban J connectivity index is 2.17.